The molecule has 0 radical (unpaired) electrons. The van der Waals surface area contributed by atoms with Gasteiger partial charge in [-0.3, -0.25) is 4.79 Å². The molecule has 1 fully saturated rings. The number of rotatable bonds is 7. The molecule has 106 valence electrons. The quantitative estimate of drug-likeness (QED) is 0.578. The summed E-state index contributed by atoms with van der Waals surface area (Å²) in [7, 11) is 0. The van der Waals surface area contributed by atoms with Gasteiger partial charge in [0.15, 0.2) is 6.29 Å². The minimum Gasteiger partial charge on any atom is -0.481 e. The lowest BCUT2D eigenvalue weighted by atomic mass is 10.0. The van der Waals surface area contributed by atoms with E-state index in [2.05, 4.69) is 0 Å². The highest BCUT2D eigenvalue weighted by molar-refractivity contribution is 5.66. The molecule has 0 amide bonds. The molecule has 0 aliphatic carbocycles. The van der Waals surface area contributed by atoms with E-state index in [1.165, 1.54) is 0 Å². The molecule has 0 aromatic carbocycles. The summed E-state index contributed by atoms with van der Waals surface area (Å²) in [6.07, 6.45) is 0.0571. The van der Waals surface area contributed by atoms with Crippen molar-refractivity contribution in [2.24, 2.45) is 0 Å². The number of hydrogen-bond acceptors (Lipinski definition) is 5. The number of aliphatic hydroxyl groups is 2. The summed E-state index contributed by atoms with van der Waals surface area (Å²) in [5.74, 6) is -0.787. The van der Waals surface area contributed by atoms with Crippen LogP contribution in [0.25, 0.3) is 0 Å². The van der Waals surface area contributed by atoms with Gasteiger partial charge in [-0.15, -0.1) is 0 Å². The molecule has 1 saturated heterocycles. The number of carboxylic acid groups (broad SMARTS) is 1. The highest BCUT2D eigenvalue weighted by Gasteiger charge is 2.34. The van der Waals surface area contributed by atoms with Gasteiger partial charge in [0.1, 0.15) is 6.10 Å². The number of hydrogen-bond donors (Lipinski definition) is 3. The maximum absolute atomic E-state index is 10.3. The Kier molecular flexibility index (Phi) is 6.56. The van der Waals surface area contributed by atoms with E-state index in [9.17, 15) is 15.0 Å². The zero-order chi connectivity index (χ0) is 13.5. The molecule has 0 bridgehead atoms. The second-order valence-electron chi connectivity index (χ2n) is 4.66. The summed E-state index contributed by atoms with van der Waals surface area (Å²) < 4.78 is 10.7. The van der Waals surface area contributed by atoms with Crippen molar-refractivity contribution in [2.45, 2.75) is 63.6 Å². The van der Waals surface area contributed by atoms with Crippen LogP contribution in [-0.2, 0) is 14.3 Å². The molecule has 3 N–H and O–H groups in total. The van der Waals surface area contributed by atoms with Crippen molar-refractivity contribution in [3.05, 3.63) is 0 Å². The average Bonchev–Trinajstić information content (AvgIpc) is 2.29. The monoisotopic (exact) mass is 262 g/mol. The van der Waals surface area contributed by atoms with Crippen LogP contribution in [0.4, 0.5) is 0 Å². The second kappa shape index (κ2) is 7.68. The summed E-state index contributed by atoms with van der Waals surface area (Å²) in [4.78, 5) is 10.3. The predicted octanol–water partition coefficient (Wildman–Crippen LogP) is 0.505. The van der Waals surface area contributed by atoms with E-state index in [1.807, 2.05) is 0 Å². The van der Waals surface area contributed by atoms with E-state index in [0.29, 0.717) is 13.0 Å². The third kappa shape index (κ3) is 5.30. The molecular formula is C12H22O6. The Morgan fingerprint density at radius 2 is 2.00 bits per heavy atom. The standard InChI is InChI=1S/C12H22O6/c1-8-9(13)7-10(14)12(18-8)17-6-4-2-3-5-11(15)16/h8-10,12-14H,2-7H2,1H3,(H,15,16)/t8-,9+,10+,12+/m0/s1. The topological polar surface area (TPSA) is 96.2 Å². The Labute approximate surface area is 107 Å². The second-order valence-corrected chi connectivity index (χ2v) is 4.66. The Morgan fingerprint density at radius 1 is 1.28 bits per heavy atom. The number of ether oxygens (including phenoxy) is 2. The zero-order valence-electron chi connectivity index (χ0n) is 10.6. The third-order valence-electron chi connectivity index (χ3n) is 3.00. The van der Waals surface area contributed by atoms with Crippen LogP contribution in [0.5, 0.6) is 0 Å². The summed E-state index contributed by atoms with van der Waals surface area (Å²) in [5, 5.41) is 27.6. The Morgan fingerprint density at radius 3 is 2.67 bits per heavy atom. The van der Waals surface area contributed by atoms with Crippen molar-refractivity contribution in [3.8, 4) is 0 Å². The Hall–Kier alpha value is -0.690. The highest BCUT2D eigenvalue weighted by Crippen LogP contribution is 2.21. The van der Waals surface area contributed by atoms with Crippen molar-refractivity contribution in [1.29, 1.82) is 0 Å². The lowest BCUT2D eigenvalue weighted by Crippen LogP contribution is -2.47. The molecule has 4 atom stereocenters. The lowest BCUT2D eigenvalue weighted by Gasteiger charge is -2.35. The number of aliphatic carboxylic acids is 1. The van der Waals surface area contributed by atoms with E-state index < -0.39 is 24.5 Å². The molecule has 0 aromatic heterocycles. The van der Waals surface area contributed by atoms with E-state index in [4.69, 9.17) is 14.6 Å². The molecule has 1 rings (SSSR count). The molecule has 0 unspecified atom stereocenters. The highest BCUT2D eigenvalue weighted by atomic mass is 16.7. The van der Waals surface area contributed by atoms with Crippen LogP contribution in [0.1, 0.15) is 39.0 Å². The maximum Gasteiger partial charge on any atom is 0.303 e. The molecule has 0 saturated carbocycles. The van der Waals surface area contributed by atoms with Crippen LogP contribution in [0.2, 0.25) is 0 Å². The Balaban J connectivity index is 2.09. The first-order valence-corrected chi connectivity index (χ1v) is 6.35. The summed E-state index contributed by atoms with van der Waals surface area (Å²) in [6.45, 7) is 2.16. The van der Waals surface area contributed by atoms with E-state index in [-0.39, 0.29) is 18.9 Å². The van der Waals surface area contributed by atoms with Crippen molar-refractivity contribution in [2.75, 3.05) is 6.61 Å². The first kappa shape index (κ1) is 15.4. The Bertz CT molecular complexity index is 257. The smallest absolute Gasteiger partial charge is 0.303 e. The number of carbonyl (C=O) groups is 1. The minimum absolute atomic E-state index is 0.172. The van der Waals surface area contributed by atoms with Crippen molar-refractivity contribution < 1.29 is 29.6 Å². The fourth-order valence-corrected chi connectivity index (χ4v) is 1.85. The first-order valence-electron chi connectivity index (χ1n) is 6.35. The van der Waals surface area contributed by atoms with Gasteiger partial charge in [0.05, 0.1) is 12.2 Å². The summed E-state index contributed by atoms with van der Waals surface area (Å²) >= 11 is 0. The molecule has 0 spiro atoms. The third-order valence-corrected chi connectivity index (χ3v) is 3.00. The van der Waals surface area contributed by atoms with E-state index in [1.54, 1.807) is 6.92 Å². The van der Waals surface area contributed by atoms with Crippen LogP contribution in [0.3, 0.4) is 0 Å². The van der Waals surface area contributed by atoms with Crippen molar-refractivity contribution in [1.82, 2.24) is 0 Å². The van der Waals surface area contributed by atoms with Gasteiger partial charge in [0.2, 0.25) is 0 Å². The van der Waals surface area contributed by atoms with Gasteiger partial charge < -0.3 is 24.8 Å². The molecular weight excluding hydrogens is 240 g/mol. The van der Waals surface area contributed by atoms with Crippen LogP contribution in [0.15, 0.2) is 0 Å². The summed E-state index contributed by atoms with van der Waals surface area (Å²) in [5.41, 5.74) is 0. The fourth-order valence-electron chi connectivity index (χ4n) is 1.85. The van der Waals surface area contributed by atoms with Gasteiger partial charge in [-0.25, -0.2) is 0 Å². The number of carboxylic acids is 1. The normalized spacial score (nSPS) is 32.4. The molecule has 0 aromatic rings. The molecule has 18 heavy (non-hydrogen) atoms. The SMILES string of the molecule is C[C@@H]1O[C@@H](OCCCCCC(=O)O)[C@H](O)C[C@H]1O. The van der Waals surface area contributed by atoms with Crippen LogP contribution in [-0.4, -0.2) is 52.5 Å². The zero-order valence-corrected chi connectivity index (χ0v) is 10.6. The van der Waals surface area contributed by atoms with Crippen molar-refractivity contribution >= 4 is 5.97 Å². The molecule has 1 aliphatic heterocycles. The number of aliphatic hydroxyl groups excluding tert-OH is 2. The molecule has 1 aliphatic rings. The average molecular weight is 262 g/mol. The van der Waals surface area contributed by atoms with Crippen LogP contribution >= 0.6 is 0 Å². The van der Waals surface area contributed by atoms with Gasteiger partial charge in [0, 0.05) is 19.4 Å². The van der Waals surface area contributed by atoms with Gasteiger partial charge in [0.25, 0.3) is 0 Å². The van der Waals surface area contributed by atoms with Gasteiger partial charge in [-0.05, 0) is 19.8 Å². The molecule has 6 nitrogen and oxygen atoms in total. The maximum atomic E-state index is 10.3. The molecule has 6 heteroatoms. The predicted molar refractivity (Wildman–Crippen MR) is 63.0 cm³/mol. The van der Waals surface area contributed by atoms with Gasteiger partial charge >= 0.3 is 5.97 Å². The van der Waals surface area contributed by atoms with E-state index >= 15 is 0 Å². The number of unbranched alkanes of at least 4 members (excludes halogenated alkanes) is 2. The lowest BCUT2D eigenvalue weighted by molar-refractivity contribution is -0.261. The largest absolute Gasteiger partial charge is 0.481 e. The van der Waals surface area contributed by atoms with Crippen LogP contribution in [0, 0.1) is 0 Å². The fraction of sp³-hybridized carbons (Fsp3) is 0.917. The van der Waals surface area contributed by atoms with Crippen LogP contribution < -0.4 is 0 Å². The van der Waals surface area contributed by atoms with Gasteiger partial charge in [-0.1, -0.05) is 6.42 Å². The van der Waals surface area contributed by atoms with Crippen molar-refractivity contribution in [3.63, 3.8) is 0 Å². The van der Waals surface area contributed by atoms with Gasteiger partial charge in [-0.2, -0.15) is 0 Å². The van der Waals surface area contributed by atoms with E-state index in [0.717, 1.165) is 12.8 Å². The first-order chi connectivity index (χ1) is 8.50. The summed E-state index contributed by atoms with van der Waals surface area (Å²) in [6, 6.07) is 0. The molecule has 1 heterocycles. The minimum atomic E-state index is -0.810.